The summed E-state index contributed by atoms with van der Waals surface area (Å²) < 4.78 is 30.1. The maximum absolute atomic E-state index is 14.3. The topological polar surface area (TPSA) is 82.8 Å². The van der Waals surface area contributed by atoms with E-state index in [4.69, 9.17) is 0 Å². The van der Waals surface area contributed by atoms with E-state index in [0.717, 1.165) is 28.5 Å². The molecule has 0 fully saturated rings. The number of hydrogen-bond acceptors (Lipinski definition) is 5. The summed E-state index contributed by atoms with van der Waals surface area (Å²) in [6.45, 7) is 6.98. The molecule has 0 unspecified atom stereocenters. The average Bonchev–Trinajstić information content (AvgIpc) is 3.54. The molecule has 2 aliphatic rings. The molecule has 214 valence electrons. The standard InChI is InChI=1S/C34H38N2O4S/c1-4-23-20-35(34-32(38)19-25-12-10-15-28(22(2)3)33(25)34)30(18-26(23)21-37)31-17-24-11-8-9-16-29(24)36(31)41(39,40)27-13-6-5-7-14-27/h5-18,22-23,30,32,34,37-38H,4,19-21H2,1-3H3/t23-,30+,32-,34-/m1/s1. The van der Waals surface area contributed by atoms with E-state index in [2.05, 4.69) is 43.9 Å². The van der Waals surface area contributed by atoms with Gasteiger partial charge in [-0.05, 0) is 64.8 Å². The zero-order valence-electron chi connectivity index (χ0n) is 23.8. The van der Waals surface area contributed by atoms with Gasteiger partial charge in [0.2, 0.25) is 0 Å². The summed E-state index contributed by atoms with van der Waals surface area (Å²) in [6.07, 6.45) is 2.81. The van der Waals surface area contributed by atoms with Crippen molar-refractivity contribution in [2.24, 2.45) is 5.92 Å². The molecular weight excluding hydrogens is 532 g/mol. The van der Waals surface area contributed by atoms with E-state index in [1.54, 1.807) is 24.3 Å². The number of para-hydroxylation sites is 1. The lowest BCUT2D eigenvalue weighted by atomic mass is 9.85. The fourth-order valence-corrected chi connectivity index (χ4v) is 8.52. The van der Waals surface area contributed by atoms with Crippen LogP contribution in [0.1, 0.15) is 67.6 Å². The molecule has 2 N–H and O–H groups in total. The molecule has 3 aromatic carbocycles. The summed E-state index contributed by atoms with van der Waals surface area (Å²) in [5.74, 6) is 0.374. The minimum Gasteiger partial charge on any atom is -0.392 e. The Balaban J connectivity index is 1.61. The highest BCUT2D eigenvalue weighted by Gasteiger charge is 2.44. The van der Waals surface area contributed by atoms with Gasteiger partial charge in [-0.2, -0.15) is 0 Å². The Morgan fingerprint density at radius 2 is 1.71 bits per heavy atom. The summed E-state index contributed by atoms with van der Waals surface area (Å²) in [4.78, 5) is 2.51. The van der Waals surface area contributed by atoms with Crippen molar-refractivity contribution in [3.8, 4) is 0 Å². The minimum atomic E-state index is -3.95. The molecule has 1 aliphatic carbocycles. The van der Waals surface area contributed by atoms with Crippen LogP contribution >= 0.6 is 0 Å². The molecule has 0 spiro atoms. The maximum Gasteiger partial charge on any atom is 0.268 e. The van der Waals surface area contributed by atoms with Gasteiger partial charge in [-0.1, -0.05) is 81.4 Å². The molecule has 0 bridgehead atoms. The maximum atomic E-state index is 14.3. The van der Waals surface area contributed by atoms with Crippen LogP contribution in [0.5, 0.6) is 0 Å². The second kappa shape index (κ2) is 10.9. The van der Waals surface area contributed by atoms with Crippen LogP contribution in [0.3, 0.4) is 0 Å². The van der Waals surface area contributed by atoms with E-state index in [0.29, 0.717) is 24.2 Å². The lowest BCUT2D eigenvalue weighted by Gasteiger charge is -2.44. The van der Waals surface area contributed by atoms with Gasteiger partial charge in [0.05, 0.1) is 40.9 Å². The summed E-state index contributed by atoms with van der Waals surface area (Å²) in [6, 6.07) is 23.6. The first-order chi connectivity index (χ1) is 19.8. The third-order valence-corrected chi connectivity index (χ3v) is 10.7. The van der Waals surface area contributed by atoms with E-state index in [1.165, 1.54) is 9.54 Å². The lowest BCUT2D eigenvalue weighted by molar-refractivity contribution is 0.0280. The number of aliphatic hydroxyl groups excluding tert-OH is 2. The Kier molecular flexibility index (Phi) is 7.41. The summed E-state index contributed by atoms with van der Waals surface area (Å²) in [7, 11) is -3.95. The predicted octanol–water partition coefficient (Wildman–Crippen LogP) is 5.96. The first-order valence-corrected chi connectivity index (χ1v) is 16.0. The van der Waals surface area contributed by atoms with Crippen molar-refractivity contribution in [1.82, 2.24) is 8.87 Å². The Morgan fingerprint density at radius 3 is 2.41 bits per heavy atom. The zero-order valence-corrected chi connectivity index (χ0v) is 24.6. The van der Waals surface area contributed by atoms with Crippen molar-refractivity contribution >= 4 is 20.9 Å². The molecule has 0 radical (unpaired) electrons. The van der Waals surface area contributed by atoms with E-state index < -0.39 is 22.2 Å². The number of aromatic nitrogens is 1. The van der Waals surface area contributed by atoms with E-state index >= 15 is 0 Å². The van der Waals surface area contributed by atoms with Crippen LogP contribution in [0.25, 0.3) is 10.9 Å². The number of rotatable bonds is 7. The molecule has 0 amide bonds. The van der Waals surface area contributed by atoms with Crippen LogP contribution < -0.4 is 0 Å². The normalized spacial score (nSPS) is 23.2. The van der Waals surface area contributed by atoms with Gasteiger partial charge >= 0.3 is 0 Å². The summed E-state index contributed by atoms with van der Waals surface area (Å²) in [5.41, 5.74) is 5.65. The summed E-state index contributed by atoms with van der Waals surface area (Å²) in [5, 5.41) is 22.9. The molecule has 4 aromatic rings. The van der Waals surface area contributed by atoms with Gasteiger partial charge in [-0.15, -0.1) is 0 Å². The van der Waals surface area contributed by atoms with E-state index in [1.807, 2.05) is 42.5 Å². The fraction of sp³-hybridized carbons (Fsp3) is 0.353. The molecule has 1 aliphatic heterocycles. The molecule has 4 atom stereocenters. The second-order valence-electron chi connectivity index (χ2n) is 11.6. The highest BCUT2D eigenvalue weighted by atomic mass is 32.2. The third-order valence-electron chi connectivity index (χ3n) is 8.94. The van der Waals surface area contributed by atoms with Gasteiger partial charge in [0, 0.05) is 18.4 Å². The predicted molar refractivity (Wildman–Crippen MR) is 162 cm³/mol. The molecule has 1 aromatic heterocycles. The Labute approximate surface area is 242 Å². The van der Waals surface area contributed by atoms with Gasteiger partial charge in [0.1, 0.15) is 0 Å². The molecule has 41 heavy (non-hydrogen) atoms. The fourth-order valence-electron chi connectivity index (χ4n) is 6.95. The van der Waals surface area contributed by atoms with Crippen molar-refractivity contribution in [2.45, 2.75) is 62.6 Å². The van der Waals surface area contributed by atoms with Gasteiger partial charge in [0.25, 0.3) is 10.0 Å². The number of hydrogen-bond donors (Lipinski definition) is 2. The molecular formula is C34H38N2O4S. The van der Waals surface area contributed by atoms with Crippen LogP contribution in [0.4, 0.5) is 0 Å². The van der Waals surface area contributed by atoms with Crippen LogP contribution in [0.2, 0.25) is 0 Å². The van der Waals surface area contributed by atoms with Gasteiger partial charge in [-0.3, -0.25) is 4.90 Å². The lowest BCUT2D eigenvalue weighted by Crippen LogP contribution is -2.44. The minimum absolute atomic E-state index is 0.0877. The Hall–Kier alpha value is -3.23. The highest BCUT2D eigenvalue weighted by Crippen LogP contribution is 2.48. The number of aliphatic hydroxyl groups is 2. The first kappa shape index (κ1) is 27.9. The van der Waals surface area contributed by atoms with Crippen molar-refractivity contribution < 1.29 is 18.6 Å². The average molecular weight is 571 g/mol. The van der Waals surface area contributed by atoms with Crippen LogP contribution in [0, 0.1) is 5.92 Å². The first-order valence-electron chi connectivity index (χ1n) is 14.5. The number of fused-ring (bicyclic) bond motifs is 2. The largest absolute Gasteiger partial charge is 0.392 e. The van der Waals surface area contributed by atoms with Crippen molar-refractivity contribution in [1.29, 1.82) is 0 Å². The van der Waals surface area contributed by atoms with Gasteiger partial charge in [0.15, 0.2) is 0 Å². The second-order valence-corrected chi connectivity index (χ2v) is 13.4. The third kappa shape index (κ3) is 4.65. The quantitative estimate of drug-likeness (QED) is 0.268. The SMILES string of the molecule is CC[C@@H]1CN([C@H]2c3c(cccc3C(C)C)C[C@H]2O)[C@H](c2cc3ccccc3n2S(=O)(=O)c2ccccc2)C=C1CO. The molecule has 7 heteroatoms. The number of benzene rings is 3. The molecule has 0 saturated heterocycles. The van der Waals surface area contributed by atoms with Gasteiger partial charge in [-0.25, -0.2) is 12.4 Å². The smallest absolute Gasteiger partial charge is 0.268 e. The number of nitrogens with zero attached hydrogens (tertiary/aromatic N) is 2. The Morgan fingerprint density at radius 1 is 0.976 bits per heavy atom. The highest BCUT2D eigenvalue weighted by molar-refractivity contribution is 7.90. The van der Waals surface area contributed by atoms with Crippen molar-refractivity contribution in [2.75, 3.05) is 13.2 Å². The monoisotopic (exact) mass is 570 g/mol. The van der Waals surface area contributed by atoms with Crippen molar-refractivity contribution in [3.63, 3.8) is 0 Å². The zero-order chi connectivity index (χ0) is 28.9. The van der Waals surface area contributed by atoms with Crippen LogP contribution in [-0.2, 0) is 16.4 Å². The van der Waals surface area contributed by atoms with E-state index in [9.17, 15) is 18.6 Å². The van der Waals surface area contributed by atoms with Crippen LogP contribution in [-0.4, -0.2) is 46.8 Å². The molecule has 6 nitrogen and oxygen atoms in total. The molecule has 0 saturated carbocycles. The van der Waals surface area contributed by atoms with Crippen molar-refractivity contribution in [3.05, 3.63) is 113 Å². The van der Waals surface area contributed by atoms with E-state index in [-0.39, 0.29) is 29.4 Å². The Bertz CT molecular complexity index is 1710. The van der Waals surface area contributed by atoms with Crippen LogP contribution in [0.15, 0.2) is 95.4 Å². The molecule has 2 heterocycles. The molecule has 6 rings (SSSR count). The summed E-state index contributed by atoms with van der Waals surface area (Å²) >= 11 is 0. The van der Waals surface area contributed by atoms with Gasteiger partial charge < -0.3 is 10.2 Å².